The van der Waals surface area contributed by atoms with Crippen molar-refractivity contribution in [2.24, 2.45) is 0 Å². The summed E-state index contributed by atoms with van der Waals surface area (Å²) in [6, 6.07) is 9.06. The van der Waals surface area contributed by atoms with Crippen LogP contribution in [0.15, 0.2) is 42.7 Å². The van der Waals surface area contributed by atoms with Crippen molar-refractivity contribution in [3.05, 3.63) is 58.9 Å². The van der Waals surface area contributed by atoms with Crippen molar-refractivity contribution in [3.63, 3.8) is 0 Å². The molecule has 0 aliphatic heterocycles. The second kappa shape index (κ2) is 5.66. The molecule has 0 fully saturated rings. The summed E-state index contributed by atoms with van der Waals surface area (Å²) in [5.74, 6) is 0.528. The molecule has 1 N–H and O–H groups in total. The van der Waals surface area contributed by atoms with Crippen LogP contribution in [-0.4, -0.2) is 10.1 Å². The SMILES string of the molecule is OCc1cccc(Cl)c1OCc1cccnc1. The molecular formula is C13H12ClNO2. The number of para-hydroxylation sites is 1. The minimum Gasteiger partial charge on any atom is -0.487 e. The summed E-state index contributed by atoms with van der Waals surface area (Å²) in [4.78, 5) is 4.00. The highest BCUT2D eigenvalue weighted by Crippen LogP contribution is 2.29. The van der Waals surface area contributed by atoms with Gasteiger partial charge in [0.25, 0.3) is 0 Å². The lowest BCUT2D eigenvalue weighted by Gasteiger charge is -2.11. The zero-order chi connectivity index (χ0) is 12.1. The van der Waals surface area contributed by atoms with Gasteiger partial charge in [0.15, 0.2) is 0 Å². The molecule has 0 atom stereocenters. The Hall–Kier alpha value is -1.58. The van der Waals surface area contributed by atoms with E-state index in [0.29, 0.717) is 22.9 Å². The van der Waals surface area contributed by atoms with E-state index >= 15 is 0 Å². The van der Waals surface area contributed by atoms with Gasteiger partial charge in [-0.2, -0.15) is 0 Å². The number of ether oxygens (including phenoxy) is 1. The third kappa shape index (κ3) is 2.96. The summed E-state index contributed by atoms with van der Waals surface area (Å²) >= 11 is 6.02. The van der Waals surface area contributed by atoms with Gasteiger partial charge in [-0.15, -0.1) is 0 Å². The molecule has 0 amide bonds. The first-order valence-electron chi connectivity index (χ1n) is 5.21. The molecule has 0 aliphatic rings. The van der Waals surface area contributed by atoms with Gasteiger partial charge in [-0.1, -0.05) is 29.8 Å². The lowest BCUT2D eigenvalue weighted by atomic mass is 10.2. The van der Waals surface area contributed by atoms with Crippen LogP contribution in [0.3, 0.4) is 0 Å². The standard InChI is InChI=1S/C13H12ClNO2/c14-12-5-1-4-11(8-16)13(12)17-9-10-3-2-6-15-7-10/h1-7,16H,8-9H2. The Labute approximate surface area is 105 Å². The van der Waals surface area contributed by atoms with E-state index in [1.807, 2.05) is 12.1 Å². The average Bonchev–Trinajstić information content (AvgIpc) is 2.38. The fraction of sp³-hybridized carbons (Fsp3) is 0.154. The van der Waals surface area contributed by atoms with E-state index in [4.69, 9.17) is 16.3 Å². The highest BCUT2D eigenvalue weighted by Gasteiger charge is 2.07. The number of rotatable bonds is 4. The molecule has 1 heterocycles. The highest BCUT2D eigenvalue weighted by atomic mass is 35.5. The maximum Gasteiger partial charge on any atom is 0.143 e. The molecule has 17 heavy (non-hydrogen) atoms. The van der Waals surface area contributed by atoms with Crippen LogP contribution in [-0.2, 0) is 13.2 Å². The summed E-state index contributed by atoms with van der Waals surface area (Å²) in [7, 11) is 0. The molecule has 88 valence electrons. The Morgan fingerprint density at radius 3 is 2.82 bits per heavy atom. The smallest absolute Gasteiger partial charge is 0.143 e. The van der Waals surface area contributed by atoms with Gasteiger partial charge in [0.2, 0.25) is 0 Å². The zero-order valence-electron chi connectivity index (χ0n) is 9.14. The first kappa shape index (κ1) is 11.9. The summed E-state index contributed by atoms with van der Waals surface area (Å²) < 4.78 is 5.61. The second-order valence-electron chi connectivity index (χ2n) is 3.54. The number of aliphatic hydroxyl groups is 1. The quantitative estimate of drug-likeness (QED) is 0.906. The van der Waals surface area contributed by atoms with Crippen molar-refractivity contribution in [3.8, 4) is 5.75 Å². The zero-order valence-corrected chi connectivity index (χ0v) is 9.89. The molecule has 1 aromatic carbocycles. The van der Waals surface area contributed by atoms with Crippen molar-refractivity contribution in [1.82, 2.24) is 4.98 Å². The van der Waals surface area contributed by atoms with Crippen LogP contribution >= 0.6 is 11.6 Å². The number of aliphatic hydroxyl groups excluding tert-OH is 1. The lowest BCUT2D eigenvalue weighted by Crippen LogP contribution is -1.99. The summed E-state index contributed by atoms with van der Waals surface area (Å²) in [5.41, 5.74) is 1.64. The number of hydrogen-bond donors (Lipinski definition) is 1. The molecule has 4 heteroatoms. The predicted molar refractivity (Wildman–Crippen MR) is 65.9 cm³/mol. The van der Waals surface area contributed by atoms with E-state index in [-0.39, 0.29) is 6.61 Å². The van der Waals surface area contributed by atoms with E-state index in [2.05, 4.69) is 4.98 Å². The molecular weight excluding hydrogens is 238 g/mol. The fourth-order valence-corrected chi connectivity index (χ4v) is 1.73. The first-order valence-corrected chi connectivity index (χ1v) is 5.59. The van der Waals surface area contributed by atoms with Crippen LogP contribution in [0.2, 0.25) is 5.02 Å². The van der Waals surface area contributed by atoms with Crippen LogP contribution in [0.5, 0.6) is 5.75 Å². The molecule has 0 aliphatic carbocycles. The van der Waals surface area contributed by atoms with Crippen molar-refractivity contribution in [1.29, 1.82) is 0 Å². The normalized spacial score (nSPS) is 10.2. The van der Waals surface area contributed by atoms with E-state index in [1.54, 1.807) is 30.6 Å². The molecule has 2 rings (SSSR count). The van der Waals surface area contributed by atoms with Gasteiger partial charge >= 0.3 is 0 Å². The molecule has 0 bridgehead atoms. The molecule has 0 unspecified atom stereocenters. The van der Waals surface area contributed by atoms with Crippen molar-refractivity contribution < 1.29 is 9.84 Å². The largest absolute Gasteiger partial charge is 0.487 e. The Morgan fingerprint density at radius 1 is 1.24 bits per heavy atom. The van der Waals surface area contributed by atoms with Gasteiger partial charge in [-0.05, 0) is 12.1 Å². The van der Waals surface area contributed by atoms with Gasteiger partial charge in [-0.3, -0.25) is 4.98 Å². The Bertz CT molecular complexity index is 488. The van der Waals surface area contributed by atoms with Crippen LogP contribution in [0, 0.1) is 0 Å². The van der Waals surface area contributed by atoms with E-state index in [1.165, 1.54) is 0 Å². The number of benzene rings is 1. The van der Waals surface area contributed by atoms with Crippen LogP contribution < -0.4 is 4.74 Å². The molecule has 1 aromatic heterocycles. The van der Waals surface area contributed by atoms with E-state index in [0.717, 1.165) is 5.56 Å². The number of pyridine rings is 1. The molecule has 0 radical (unpaired) electrons. The number of nitrogens with zero attached hydrogens (tertiary/aromatic N) is 1. The van der Waals surface area contributed by atoms with E-state index in [9.17, 15) is 5.11 Å². The molecule has 3 nitrogen and oxygen atoms in total. The summed E-state index contributed by atoms with van der Waals surface area (Å²) in [6.07, 6.45) is 3.44. The Kier molecular flexibility index (Phi) is 3.96. The van der Waals surface area contributed by atoms with Gasteiger partial charge in [0.05, 0.1) is 11.6 Å². The second-order valence-corrected chi connectivity index (χ2v) is 3.94. The topological polar surface area (TPSA) is 42.4 Å². The third-order valence-corrected chi connectivity index (χ3v) is 2.62. The van der Waals surface area contributed by atoms with Crippen LogP contribution in [0.4, 0.5) is 0 Å². The average molecular weight is 250 g/mol. The van der Waals surface area contributed by atoms with Crippen LogP contribution in [0.25, 0.3) is 0 Å². The number of hydrogen-bond acceptors (Lipinski definition) is 3. The van der Waals surface area contributed by atoms with Gasteiger partial charge in [0.1, 0.15) is 12.4 Å². The molecule has 0 saturated carbocycles. The van der Waals surface area contributed by atoms with Gasteiger partial charge in [-0.25, -0.2) is 0 Å². The highest BCUT2D eigenvalue weighted by molar-refractivity contribution is 6.32. The maximum absolute atomic E-state index is 9.19. The van der Waals surface area contributed by atoms with Gasteiger partial charge in [0, 0.05) is 23.5 Å². The number of aromatic nitrogens is 1. The summed E-state index contributed by atoms with van der Waals surface area (Å²) in [6.45, 7) is 0.285. The van der Waals surface area contributed by atoms with Crippen molar-refractivity contribution in [2.45, 2.75) is 13.2 Å². The Morgan fingerprint density at radius 2 is 2.12 bits per heavy atom. The maximum atomic E-state index is 9.19. The lowest BCUT2D eigenvalue weighted by molar-refractivity contribution is 0.259. The van der Waals surface area contributed by atoms with Crippen molar-refractivity contribution >= 4 is 11.6 Å². The third-order valence-electron chi connectivity index (χ3n) is 2.32. The molecule has 0 saturated heterocycles. The Balaban J connectivity index is 2.14. The van der Waals surface area contributed by atoms with Crippen molar-refractivity contribution in [2.75, 3.05) is 0 Å². The van der Waals surface area contributed by atoms with E-state index < -0.39 is 0 Å². The molecule has 0 spiro atoms. The first-order chi connectivity index (χ1) is 8.31. The van der Waals surface area contributed by atoms with Gasteiger partial charge < -0.3 is 9.84 Å². The summed E-state index contributed by atoms with van der Waals surface area (Å²) in [5, 5.41) is 9.69. The van der Waals surface area contributed by atoms with Crippen LogP contribution in [0.1, 0.15) is 11.1 Å². The molecule has 2 aromatic rings. The number of halogens is 1. The predicted octanol–water partition coefficient (Wildman–Crippen LogP) is 2.81. The minimum atomic E-state index is -0.0943. The fourth-order valence-electron chi connectivity index (χ4n) is 1.48. The monoisotopic (exact) mass is 249 g/mol. The minimum absolute atomic E-state index is 0.0943.